The van der Waals surface area contributed by atoms with Crippen molar-refractivity contribution in [1.82, 2.24) is 15.0 Å². The van der Waals surface area contributed by atoms with E-state index in [0.717, 1.165) is 41.8 Å². The third-order valence-electron chi connectivity index (χ3n) is 4.95. The van der Waals surface area contributed by atoms with Crippen molar-refractivity contribution in [2.75, 3.05) is 0 Å². The summed E-state index contributed by atoms with van der Waals surface area (Å²) < 4.78 is 10.3. The lowest BCUT2D eigenvalue weighted by Crippen LogP contribution is -1.98. The fourth-order valence-electron chi connectivity index (χ4n) is 3.06. The second-order valence-corrected chi connectivity index (χ2v) is 8.48. The van der Waals surface area contributed by atoms with E-state index >= 15 is 0 Å². The molecule has 0 unspecified atom stereocenters. The Labute approximate surface area is 214 Å². The number of rotatable bonds is 8. The molecule has 0 saturated heterocycles. The number of carbonyl (C=O) groups is 1. The molecule has 0 amide bonds. The molecule has 8 heteroatoms. The second kappa shape index (κ2) is 13.4. The number of carbonyl (C=O) groups excluding carboxylic acids is 1. The molecule has 0 bridgehead atoms. The molecular weight excluding hydrogens is 485 g/mol. The van der Waals surface area contributed by atoms with Gasteiger partial charge in [-0.25, -0.2) is 15.0 Å². The normalized spacial score (nSPS) is 10.2. The Morgan fingerprint density at radius 3 is 2.20 bits per heavy atom. The average molecular weight is 510 g/mol. The van der Waals surface area contributed by atoms with Gasteiger partial charge in [-0.2, -0.15) is 0 Å². The fourth-order valence-corrected chi connectivity index (χ4v) is 3.37. The highest BCUT2D eigenvalue weighted by atomic mass is 35.5. The average Bonchev–Trinajstić information content (AvgIpc) is 2.86. The molecule has 0 N–H and O–H groups in total. The number of aromatic nitrogens is 3. The summed E-state index contributed by atoms with van der Waals surface area (Å²) in [6.07, 6.45) is 6.03. The predicted molar refractivity (Wildman–Crippen MR) is 137 cm³/mol. The highest BCUT2D eigenvalue weighted by molar-refractivity contribution is 6.31. The molecule has 180 valence electrons. The number of ether oxygens (including phenoxy) is 2. The summed E-state index contributed by atoms with van der Waals surface area (Å²) >= 11 is 12.1. The Hall–Kier alpha value is -3.48. The minimum Gasteiger partial charge on any atom is -0.439 e. The third kappa shape index (κ3) is 8.67. The van der Waals surface area contributed by atoms with Crippen molar-refractivity contribution < 1.29 is 14.3 Å². The topological polar surface area (TPSA) is 74.2 Å². The number of benzene rings is 2. The molecule has 2 aromatic heterocycles. The van der Waals surface area contributed by atoms with Crippen LogP contribution in [0.25, 0.3) is 0 Å². The van der Waals surface area contributed by atoms with Gasteiger partial charge in [0, 0.05) is 17.3 Å². The zero-order valence-corrected chi connectivity index (χ0v) is 21.0. The zero-order chi connectivity index (χ0) is 25.0. The predicted octanol–water partition coefficient (Wildman–Crippen LogP) is 6.98. The van der Waals surface area contributed by atoms with Crippen molar-refractivity contribution in [3.8, 4) is 17.4 Å². The van der Waals surface area contributed by atoms with E-state index < -0.39 is 0 Å². The summed E-state index contributed by atoms with van der Waals surface area (Å²) in [5, 5.41) is 1.34. The van der Waals surface area contributed by atoms with Gasteiger partial charge in [-0.3, -0.25) is 4.79 Å². The van der Waals surface area contributed by atoms with Crippen LogP contribution in [0.4, 0.5) is 0 Å². The van der Waals surface area contributed by atoms with E-state index in [2.05, 4.69) is 19.7 Å². The maximum atomic E-state index is 9.84. The fraction of sp³-hybridized carbons (Fsp3) is 0.185. The molecule has 0 spiro atoms. The van der Waals surface area contributed by atoms with Crippen LogP contribution in [0, 0.1) is 13.8 Å². The molecule has 35 heavy (non-hydrogen) atoms. The Morgan fingerprint density at radius 1 is 0.829 bits per heavy atom. The van der Waals surface area contributed by atoms with Crippen LogP contribution in [-0.4, -0.2) is 21.4 Å². The molecule has 0 aliphatic rings. The van der Waals surface area contributed by atoms with E-state index in [1.54, 1.807) is 30.6 Å². The molecule has 0 aliphatic carbocycles. The van der Waals surface area contributed by atoms with Crippen LogP contribution in [0.3, 0.4) is 0 Å². The van der Waals surface area contributed by atoms with Crippen molar-refractivity contribution in [3.05, 3.63) is 106 Å². The molecule has 0 saturated carbocycles. The van der Waals surface area contributed by atoms with Crippen LogP contribution >= 0.6 is 23.2 Å². The van der Waals surface area contributed by atoms with E-state index in [9.17, 15) is 4.79 Å². The standard InChI is InChI=1S/C19H17Cl2N3O.C8H8O2/c1-13-19(21)17(24-12-23-13)4-2-3-14-5-10-18(22-11-14)25-16-8-6-15(20)7-9-16;1-7-2-4-8(5-3-7)10-6-9/h5-12H,2-4H2,1H3;2-6H,1H3. The van der Waals surface area contributed by atoms with Gasteiger partial charge in [0.25, 0.3) is 6.47 Å². The molecule has 4 rings (SSSR count). The first-order valence-electron chi connectivity index (χ1n) is 11.0. The van der Waals surface area contributed by atoms with Crippen molar-refractivity contribution in [3.63, 3.8) is 0 Å². The van der Waals surface area contributed by atoms with Gasteiger partial charge in [0.1, 0.15) is 17.8 Å². The SMILES string of the molecule is Cc1ccc(OC=O)cc1.Cc1ncnc(CCCc2ccc(Oc3ccc(Cl)cc3)nc2)c1Cl. The van der Waals surface area contributed by atoms with Crippen LogP contribution in [0.1, 0.15) is 28.9 Å². The maximum Gasteiger partial charge on any atom is 0.298 e. The van der Waals surface area contributed by atoms with Gasteiger partial charge in [-0.15, -0.1) is 0 Å². The van der Waals surface area contributed by atoms with E-state index in [0.29, 0.717) is 33.9 Å². The molecular formula is C27H25Cl2N3O3. The number of halogens is 2. The summed E-state index contributed by atoms with van der Waals surface area (Å²) in [5.74, 6) is 1.85. The monoisotopic (exact) mass is 509 g/mol. The highest BCUT2D eigenvalue weighted by Gasteiger charge is 2.06. The summed E-state index contributed by atoms with van der Waals surface area (Å²) in [6.45, 7) is 4.28. The first-order valence-corrected chi connectivity index (χ1v) is 11.7. The lowest BCUT2D eigenvalue weighted by Gasteiger charge is -2.07. The molecule has 0 aliphatic heterocycles. The number of hydrogen-bond donors (Lipinski definition) is 0. The minimum absolute atomic E-state index is 0.421. The molecule has 0 fully saturated rings. The van der Waals surface area contributed by atoms with Gasteiger partial charge < -0.3 is 9.47 Å². The minimum atomic E-state index is 0.421. The van der Waals surface area contributed by atoms with Gasteiger partial charge in [-0.05, 0) is 75.1 Å². The Kier molecular flexibility index (Phi) is 10.0. The second-order valence-electron chi connectivity index (χ2n) is 7.66. The van der Waals surface area contributed by atoms with Gasteiger partial charge in [0.2, 0.25) is 5.88 Å². The summed E-state index contributed by atoms with van der Waals surface area (Å²) in [7, 11) is 0. The zero-order valence-electron chi connectivity index (χ0n) is 19.4. The highest BCUT2D eigenvalue weighted by Crippen LogP contribution is 2.22. The van der Waals surface area contributed by atoms with Crippen molar-refractivity contribution in [1.29, 1.82) is 0 Å². The van der Waals surface area contributed by atoms with E-state index in [1.165, 1.54) is 0 Å². The Bertz CT molecular complexity index is 1220. The summed E-state index contributed by atoms with van der Waals surface area (Å²) in [4.78, 5) is 22.5. The largest absolute Gasteiger partial charge is 0.439 e. The molecule has 6 nitrogen and oxygen atoms in total. The van der Waals surface area contributed by atoms with Gasteiger partial charge in [0.15, 0.2) is 0 Å². The number of pyridine rings is 1. The van der Waals surface area contributed by atoms with E-state index in [1.807, 2.05) is 56.4 Å². The lowest BCUT2D eigenvalue weighted by molar-refractivity contribution is -0.120. The number of aryl methyl sites for hydroxylation is 4. The van der Waals surface area contributed by atoms with Crippen LogP contribution < -0.4 is 9.47 Å². The van der Waals surface area contributed by atoms with E-state index in [4.69, 9.17) is 27.9 Å². The number of hydrogen-bond acceptors (Lipinski definition) is 6. The van der Waals surface area contributed by atoms with Crippen molar-refractivity contribution in [2.45, 2.75) is 33.1 Å². The Morgan fingerprint density at radius 2 is 1.54 bits per heavy atom. The van der Waals surface area contributed by atoms with Gasteiger partial charge >= 0.3 is 0 Å². The van der Waals surface area contributed by atoms with Crippen molar-refractivity contribution >= 4 is 29.7 Å². The van der Waals surface area contributed by atoms with Crippen LogP contribution in [-0.2, 0) is 17.6 Å². The molecule has 0 atom stereocenters. The van der Waals surface area contributed by atoms with Gasteiger partial charge in [-0.1, -0.05) is 47.0 Å². The molecule has 4 aromatic rings. The Balaban J connectivity index is 0.000000287. The van der Waals surface area contributed by atoms with Crippen LogP contribution in [0.15, 0.2) is 73.2 Å². The van der Waals surface area contributed by atoms with Crippen molar-refractivity contribution in [2.24, 2.45) is 0 Å². The first-order chi connectivity index (χ1) is 16.9. The summed E-state index contributed by atoms with van der Waals surface area (Å²) in [5.41, 5.74) is 4.01. The summed E-state index contributed by atoms with van der Waals surface area (Å²) in [6, 6.07) is 18.4. The number of nitrogens with zero attached hydrogens (tertiary/aromatic N) is 3. The van der Waals surface area contributed by atoms with Crippen LogP contribution in [0.5, 0.6) is 17.4 Å². The molecule has 0 radical (unpaired) electrons. The first kappa shape index (κ1) is 26.1. The molecule has 2 heterocycles. The molecule has 2 aromatic carbocycles. The van der Waals surface area contributed by atoms with Gasteiger partial charge in [0.05, 0.1) is 16.4 Å². The van der Waals surface area contributed by atoms with Crippen LogP contribution in [0.2, 0.25) is 10.0 Å². The smallest absolute Gasteiger partial charge is 0.298 e. The lowest BCUT2D eigenvalue weighted by atomic mass is 10.1. The quantitative estimate of drug-likeness (QED) is 0.238. The van der Waals surface area contributed by atoms with E-state index in [-0.39, 0.29) is 0 Å². The third-order valence-corrected chi connectivity index (χ3v) is 5.70. The maximum absolute atomic E-state index is 9.84.